The highest BCUT2D eigenvalue weighted by molar-refractivity contribution is 5.86. The van der Waals surface area contributed by atoms with Gasteiger partial charge in [0.15, 0.2) is 5.78 Å². The Morgan fingerprint density at radius 1 is 0.838 bits per heavy atom. The molecule has 2 saturated heterocycles. The lowest BCUT2D eigenvalue weighted by molar-refractivity contribution is -0.168. The molecule has 0 aromatic rings. The van der Waals surface area contributed by atoms with E-state index in [0.29, 0.717) is 25.4 Å². The molecule has 0 radical (unpaired) electrons. The maximum Gasteiger partial charge on any atom is 0.306 e. The topological polar surface area (TPSA) is 91.9 Å². The second kappa shape index (κ2) is 19.9. The largest absolute Gasteiger partial charge is 0.459 e. The Morgan fingerprint density at radius 3 is 1.78 bits per heavy atom. The van der Waals surface area contributed by atoms with Gasteiger partial charge < -0.3 is 30.3 Å². The fourth-order valence-electron chi connectivity index (χ4n) is 3.57. The number of esters is 1. The number of hydrogen-bond acceptors (Lipinski definition) is 8. The van der Waals surface area contributed by atoms with Crippen LogP contribution in [-0.2, 0) is 19.1 Å². The standard InChI is InChI=1S/C22H42N2O4.C4H10N2.C3H8/c1-17(2)8-9-20(26)28-21(4,5)18(3)16-27-22(6,7)19(25)10-13-24-14-11-23-12-15-24;1-2-6-4-3-5-1;1-3-2/h17-18,23H,8-16H2,1-7H3;5-6H,1-4H2;3H2,1-2H3. The number of rotatable bonds is 12. The van der Waals surface area contributed by atoms with Crippen molar-refractivity contribution >= 4 is 11.8 Å². The fourth-order valence-corrected chi connectivity index (χ4v) is 3.57. The van der Waals surface area contributed by atoms with Crippen LogP contribution in [-0.4, -0.2) is 93.4 Å². The zero-order valence-electron chi connectivity index (χ0n) is 25.6. The summed E-state index contributed by atoms with van der Waals surface area (Å²) in [5.74, 6) is 0.405. The van der Waals surface area contributed by atoms with Crippen LogP contribution in [0.4, 0.5) is 0 Å². The van der Waals surface area contributed by atoms with E-state index in [1.807, 2.05) is 34.6 Å². The van der Waals surface area contributed by atoms with Crippen molar-refractivity contribution in [3.8, 4) is 0 Å². The van der Waals surface area contributed by atoms with Gasteiger partial charge in [0, 0.05) is 77.7 Å². The molecule has 0 amide bonds. The van der Waals surface area contributed by atoms with Gasteiger partial charge in [-0.1, -0.05) is 41.0 Å². The SMILES string of the molecule is C1CNCCN1.CC(C)CCC(=O)OC(C)(C)C(C)COC(C)(C)C(=O)CCN1CCNCC1.CCC. The highest BCUT2D eigenvalue weighted by atomic mass is 16.6. The lowest BCUT2D eigenvalue weighted by Crippen LogP contribution is -2.46. The number of ketones is 1. The monoisotopic (exact) mass is 528 g/mol. The molecule has 2 aliphatic heterocycles. The van der Waals surface area contributed by atoms with E-state index in [9.17, 15) is 9.59 Å². The summed E-state index contributed by atoms with van der Waals surface area (Å²) in [6.45, 7) is 27.6. The van der Waals surface area contributed by atoms with Crippen molar-refractivity contribution < 1.29 is 19.1 Å². The highest BCUT2D eigenvalue weighted by Crippen LogP contribution is 2.25. The third kappa shape index (κ3) is 18.0. The first-order valence-electron chi connectivity index (χ1n) is 14.6. The van der Waals surface area contributed by atoms with Crippen LogP contribution in [0.15, 0.2) is 0 Å². The van der Waals surface area contributed by atoms with E-state index in [2.05, 4.69) is 48.5 Å². The molecule has 2 heterocycles. The number of Topliss-reactive ketones (excluding diaryl/α,β-unsaturated/α-hetero) is 1. The smallest absolute Gasteiger partial charge is 0.306 e. The fraction of sp³-hybridized carbons (Fsp3) is 0.931. The van der Waals surface area contributed by atoms with Gasteiger partial charge in [-0.25, -0.2) is 0 Å². The predicted molar refractivity (Wildman–Crippen MR) is 154 cm³/mol. The molecular formula is C29H60N4O4. The molecule has 0 aromatic carbocycles. The number of carbonyl (C=O) groups is 2. The number of nitrogens with one attached hydrogen (secondary N) is 3. The molecule has 220 valence electrons. The van der Waals surface area contributed by atoms with Crippen molar-refractivity contribution in [1.29, 1.82) is 0 Å². The zero-order valence-corrected chi connectivity index (χ0v) is 25.6. The van der Waals surface area contributed by atoms with Gasteiger partial charge in [-0.2, -0.15) is 0 Å². The van der Waals surface area contributed by atoms with Gasteiger partial charge in [-0.05, 0) is 40.0 Å². The summed E-state index contributed by atoms with van der Waals surface area (Å²) in [7, 11) is 0. The summed E-state index contributed by atoms with van der Waals surface area (Å²) >= 11 is 0. The molecule has 2 aliphatic rings. The van der Waals surface area contributed by atoms with E-state index in [1.165, 1.54) is 6.42 Å². The summed E-state index contributed by atoms with van der Waals surface area (Å²) in [6.07, 6.45) is 3.01. The molecule has 8 nitrogen and oxygen atoms in total. The zero-order chi connectivity index (χ0) is 28.3. The molecular weight excluding hydrogens is 468 g/mol. The maximum atomic E-state index is 12.6. The number of nitrogens with zero attached hydrogens (tertiary/aromatic N) is 1. The molecule has 1 atom stereocenters. The lowest BCUT2D eigenvalue weighted by Gasteiger charge is -2.34. The Bertz CT molecular complexity index is 589. The maximum absolute atomic E-state index is 12.6. The second-order valence-corrected chi connectivity index (χ2v) is 11.7. The number of ether oxygens (including phenoxy) is 2. The predicted octanol–water partition coefficient (Wildman–Crippen LogP) is 3.64. The van der Waals surface area contributed by atoms with E-state index in [1.54, 1.807) is 0 Å². The van der Waals surface area contributed by atoms with E-state index >= 15 is 0 Å². The third-order valence-corrected chi connectivity index (χ3v) is 6.68. The Morgan fingerprint density at radius 2 is 1.32 bits per heavy atom. The minimum atomic E-state index is -0.833. The van der Waals surface area contributed by atoms with Crippen LogP contribution in [0.5, 0.6) is 0 Å². The van der Waals surface area contributed by atoms with E-state index in [4.69, 9.17) is 9.47 Å². The van der Waals surface area contributed by atoms with Crippen molar-refractivity contribution in [3.05, 3.63) is 0 Å². The van der Waals surface area contributed by atoms with Gasteiger partial charge in [-0.3, -0.25) is 9.59 Å². The van der Waals surface area contributed by atoms with Gasteiger partial charge >= 0.3 is 5.97 Å². The molecule has 0 bridgehead atoms. The van der Waals surface area contributed by atoms with E-state index < -0.39 is 11.2 Å². The molecule has 3 N–H and O–H groups in total. The molecule has 37 heavy (non-hydrogen) atoms. The Hall–Kier alpha value is -1.06. The molecule has 0 saturated carbocycles. The third-order valence-electron chi connectivity index (χ3n) is 6.68. The van der Waals surface area contributed by atoms with E-state index in [0.717, 1.165) is 65.3 Å². The van der Waals surface area contributed by atoms with Gasteiger partial charge in [0.05, 0.1) is 6.61 Å². The second-order valence-electron chi connectivity index (χ2n) is 11.7. The van der Waals surface area contributed by atoms with Gasteiger partial charge in [0.2, 0.25) is 0 Å². The Labute approximate surface area is 228 Å². The number of piperazine rings is 2. The first-order valence-corrected chi connectivity index (χ1v) is 14.6. The van der Waals surface area contributed by atoms with Crippen LogP contribution < -0.4 is 16.0 Å². The van der Waals surface area contributed by atoms with Gasteiger partial charge in [-0.15, -0.1) is 0 Å². The minimum absolute atomic E-state index is 0.0178. The number of carbonyl (C=O) groups excluding carboxylic acids is 2. The van der Waals surface area contributed by atoms with Crippen LogP contribution in [0.2, 0.25) is 0 Å². The average molecular weight is 529 g/mol. The molecule has 0 aromatic heterocycles. The van der Waals surface area contributed by atoms with Crippen LogP contribution in [0.1, 0.15) is 88.0 Å². The first kappa shape index (κ1) is 35.9. The molecule has 1 unspecified atom stereocenters. The lowest BCUT2D eigenvalue weighted by atomic mass is 9.92. The molecule has 2 fully saturated rings. The summed E-state index contributed by atoms with van der Waals surface area (Å²) in [4.78, 5) is 27.0. The van der Waals surface area contributed by atoms with Crippen LogP contribution in [0.3, 0.4) is 0 Å². The van der Waals surface area contributed by atoms with E-state index in [-0.39, 0.29) is 17.7 Å². The van der Waals surface area contributed by atoms with Gasteiger partial charge in [0.1, 0.15) is 11.2 Å². The summed E-state index contributed by atoms with van der Waals surface area (Å²) in [6, 6.07) is 0. The van der Waals surface area contributed by atoms with Crippen LogP contribution in [0, 0.1) is 11.8 Å². The molecule has 0 spiro atoms. The van der Waals surface area contributed by atoms with Gasteiger partial charge in [0.25, 0.3) is 0 Å². The molecule has 8 heteroatoms. The Balaban J connectivity index is 0.00000121. The average Bonchev–Trinajstić information content (AvgIpc) is 2.87. The molecule has 0 aliphatic carbocycles. The summed E-state index contributed by atoms with van der Waals surface area (Å²) < 4.78 is 11.7. The number of hydrogen-bond donors (Lipinski definition) is 3. The minimum Gasteiger partial charge on any atom is -0.459 e. The van der Waals surface area contributed by atoms with Crippen molar-refractivity contribution in [2.24, 2.45) is 11.8 Å². The highest BCUT2D eigenvalue weighted by Gasteiger charge is 2.34. The molecule has 2 rings (SSSR count). The van der Waals surface area contributed by atoms with Crippen molar-refractivity contribution in [2.45, 2.75) is 99.2 Å². The summed E-state index contributed by atoms with van der Waals surface area (Å²) in [5.41, 5.74) is -1.46. The normalized spacial score (nSPS) is 17.7. The quantitative estimate of drug-likeness (QED) is 0.331. The Kier molecular flexibility index (Phi) is 19.4. The van der Waals surface area contributed by atoms with Crippen LogP contribution in [0.25, 0.3) is 0 Å². The van der Waals surface area contributed by atoms with Crippen molar-refractivity contribution in [2.75, 3.05) is 65.5 Å². The summed E-state index contributed by atoms with van der Waals surface area (Å²) in [5, 5.41) is 9.76. The first-order chi connectivity index (χ1) is 17.4. The van der Waals surface area contributed by atoms with Crippen LogP contribution >= 0.6 is 0 Å². The van der Waals surface area contributed by atoms with Crippen molar-refractivity contribution in [1.82, 2.24) is 20.9 Å². The van der Waals surface area contributed by atoms with Crippen molar-refractivity contribution in [3.63, 3.8) is 0 Å².